The van der Waals surface area contributed by atoms with Crippen LogP contribution in [0.15, 0.2) is 72.0 Å². The standard InChI is InChI=1S/C24H27FN4O2S/c1-28-12-6-17(7-13-28)23(32)27-21-16-19(25)2-3-22(21)29-14-8-20(9-15-29)31-24(30)18-4-10-26-11-5-18/h2-7,10-12,19-20H,8-9,13-16H2,1H3,(H,27,32). The van der Waals surface area contributed by atoms with E-state index in [0.29, 0.717) is 23.4 Å². The third-order valence-corrected chi connectivity index (χ3v) is 6.12. The van der Waals surface area contributed by atoms with Gasteiger partial charge in [-0.25, -0.2) is 9.18 Å². The third kappa shape index (κ3) is 5.43. The van der Waals surface area contributed by atoms with Gasteiger partial charge in [0.1, 0.15) is 17.3 Å². The molecule has 0 saturated carbocycles. The predicted octanol–water partition coefficient (Wildman–Crippen LogP) is 3.51. The Morgan fingerprint density at radius 2 is 2.00 bits per heavy atom. The Hall–Kier alpha value is -3.00. The molecule has 3 heterocycles. The number of carbonyl (C=O) groups is 1. The largest absolute Gasteiger partial charge is 0.459 e. The van der Waals surface area contributed by atoms with E-state index in [2.05, 4.69) is 26.2 Å². The lowest BCUT2D eigenvalue weighted by atomic mass is 10.0. The molecule has 1 fully saturated rings. The average Bonchev–Trinajstić information content (AvgIpc) is 2.81. The minimum absolute atomic E-state index is 0.138. The van der Waals surface area contributed by atoms with E-state index in [1.54, 1.807) is 30.6 Å². The molecule has 1 saturated heterocycles. The van der Waals surface area contributed by atoms with Crippen LogP contribution in [0.25, 0.3) is 0 Å². The molecule has 1 N–H and O–H groups in total. The zero-order valence-electron chi connectivity index (χ0n) is 18.0. The number of pyridine rings is 1. The van der Waals surface area contributed by atoms with Crippen LogP contribution < -0.4 is 5.32 Å². The number of hydrogen-bond donors (Lipinski definition) is 1. The lowest BCUT2D eigenvalue weighted by molar-refractivity contribution is 0.0147. The highest BCUT2D eigenvalue weighted by Gasteiger charge is 2.27. The number of carbonyl (C=O) groups excluding carboxylic acids is 1. The zero-order valence-corrected chi connectivity index (χ0v) is 18.9. The van der Waals surface area contributed by atoms with Crippen molar-refractivity contribution in [3.8, 4) is 0 Å². The van der Waals surface area contributed by atoms with Crippen molar-refractivity contribution in [1.29, 1.82) is 0 Å². The van der Waals surface area contributed by atoms with Crippen LogP contribution in [0.1, 0.15) is 29.6 Å². The van der Waals surface area contributed by atoms with Crippen LogP contribution in [-0.2, 0) is 4.74 Å². The summed E-state index contributed by atoms with van der Waals surface area (Å²) in [5, 5.41) is 3.29. The van der Waals surface area contributed by atoms with Crippen LogP contribution in [0.5, 0.6) is 0 Å². The molecule has 0 spiro atoms. The summed E-state index contributed by atoms with van der Waals surface area (Å²) in [5.41, 5.74) is 3.20. The number of nitrogens with one attached hydrogen (secondary N) is 1. The number of likely N-dealkylation sites (tertiary alicyclic amines) is 1. The molecular formula is C24H27FN4O2S. The molecule has 3 aliphatic rings. The SMILES string of the molecule is CN1C=CC(C(=S)NC2=C(N3CCC(OC(=O)c4ccncc4)CC3)C=CC(F)C2)=CC1. The van der Waals surface area contributed by atoms with Crippen LogP contribution in [0.4, 0.5) is 4.39 Å². The topological polar surface area (TPSA) is 57.7 Å². The van der Waals surface area contributed by atoms with Gasteiger partial charge in [-0.15, -0.1) is 0 Å². The Morgan fingerprint density at radius 3 is 2.69 bits per heavy atom. The van der Waals surface area contributed by atoms with Crippen molar-refractivity contribution >= 4 is 23.2 Å². The van der Waals surface area contributed by atoms with Crippen molar-refractivity contribution in [3.05, 3.63) is 77.6 Å². The van der Waals surface area contributed by atoms with Crippen molar-refractivity contribution < 1.29 is 13.9 Å². The summed E-state index contributed by atoms with van der Waals surface area (Å²) in [5.74, 6) is -0.324. The summed E-state index contributed by atoms with van der Waals surface area (Å²) in [6.07, 6.45) is 13.1. The number of aromatic nitrogens is 1. The molecule has 1 aliphatic carbocycles. The molecule has 0 amide bonds. The lowest BCUT2D eigenvalue weighted by Crippen LogP contribution is -2.40. The summed E-state index contributed by atoms with van der Waals surface area (Å²) in [6, 6.07) is 3.30. The monoisotopic (exact) mass is 454 g/mol. The molecule has 6 nitrogen and oxygen atoms in total. The normalized spacial score (nSPS) is 21.4. The van der Waals surface area contributed by atoms with Crippen molar-refractivity contribution in [2.45, 2.75) is 31.5 Å². The molecule has 0 bridgehead atoms. The lowest BCUT2D eigenvalue weighted by Gasteiger charge is -2.36. The number of thiocarbonyl (C=S) groups is 1. The van der Waals surface area contributed by atoms with Crippen LogP contribution >= 0.6 is 12.2 Å². The molecule has 8 heteroatoms. The quantitative estimate of drug-likeness (QED) is 0.540. The van der Waals surface area contributed by atoms with Crippen molar-refractivity contribution in [2.75, 3.05) is 26.7 Å². The molecular weight excluding hydrogens is 427 g/mol. The first kappa shape index (κ1) is 22.2. The van der Waals surface area contributed by atoms with Gasteiger partial charge < -0.3 is 19.9 Å². The predicted molar refractivity (Wildman–Crippen MR) is 126 cm³/mol. The maximum absolute atomic E-state index is 14.2. The van der Waals surface area contributed by atoms with Gasteiger partial charge in [0.05, 0.1) is 11.3 Å². The summed E-state index contributed by atoms with van der Waals surface area (Å²) in [6.45, 7) is 2.23. The van der Waals surface area contributed by atoms with Gasteiger partial charge in [0, 0.05) is 69.6 Å². The molecule has 168 valence electrons. The first-order valence-corrected chi connectivity index (χ1v) is 11.2. The van der Waals surface area contributed by atoms with E-state index < -0.39 is 6.17 Å². The van der Waals surface area contributed by atoms with E-state index in [9.17, 15) is 9.18 Å². The highest BCUT2D eigenvalue weighted by atomic mass is 32.1. The number of rotatable bonds is 5. The maximum atomic E-state index is 14.2. The summed E-state index contributed by atoms with van der Waals surface area (Å²) in [7, 11) is 2.00. The molecule has 0 radical (unpaired) electrons. The number of esters is 1. The smallest absolute Gasteiger partial charge is 0.338 e. The molecule has 4 rings (SSSR count). The fraction of sp³-hybridized carbons (Fsp3) is 0.375. The second-order valence-electron chi connectivity index (χ2n) is 8.14. The number of ether oxygens (including phenoxy) is 1. The number of likely N-dealkylation sites (N-methyl/N-ethyl adjacent to an activating group) is 1. The van der Waals surface area contributed by atoms with Crippen LogP contribution in [0, 0.1) is 0 Å². The Kier molecular flexibility index (Phi) is 6.99. The Morgan fingerprint density at radius 1 is 1.25 bits per heavy atom. The second kappa shape index (κ2) is 10.1. The molecule has 2 aliphatic heterocycles. The third-order valence-electron chi connectivity index (χ3n) is 5.78. The first-order valence-electron chi connectivity index (χ1n) is 10.8. The molecule has 1 aromatic heterocycles. The highest BCUT2D eigenvalue weighted by molar-refractivity contribution is 7.80. The fourth-order valence-electron chi connectivity index (χ4n) is 3.95. The van der Waals surface area contributed by atoms with Gasteiger partial charge in [0.25, 0.3) is 0 Å². The first-order chi connectivity index (χ1) is 15.5. The van der Waals surface area contributed by atoms with E-state index in [1.165, 1.54) is 0 Å². The van der Waals surface area contributed by atoms with E-state index >= 15 is 0 Å². The Balaban J connectivity index is 1.39. The van der Waals surface area contributed by atoms with Gasteiger partial charge in [-0.2, -0.15) is 0 Å². The maximum Gasteiger partial charge on any atom is 0.338 e. The van der Waals surface area contributed by atoms with E-state index in [1.807, 2.05) is 25.4 Å². The van der Waals surface area contributed by atoms with Gasteiger partial charge in [0.2, 0.25) is 0 Å². The average molecular weight is 455 g/mol. The second-order valence-corrected chi connectivity index (χ2v) is 8.55. The molecule has 1 unspecified atom stereocenters. The van der Waals surface area contributed by atoms with Gasteiger partial charge in [-0.1, -0.05) is 18.3 Å². The summed E-state index contributed by atoms with van der Waals surface area (Å²) < 4.78 is 19.8. The zero-order chi connectivity index (χ0) is 22.5. The fourth-order valence-corrected chi connectivity index (χ4v) is 4.23. The molecule has 32 heavy (non-hydrogen) atoms. The summed E-state index contributed by atoms with van der Waals surface area (Å²) >= 11 is 5.59. The van der Waals surface area contributed by atoms with Gasteiger partial charge >= 0.3 is 5.97 Å². The summed E-state index contributed by atoms with van der Waals surface area (Å²) in [4.78, 5) is 21.1. The van der Waals surface area contributed by atoms with E-state index in [4.69, 9.17) is 17.0 Å². The van der Waals surface area contributed by atoms with E-state index in [0.717, 1.165) is 36.6 Å². The van der Waals surface area contributed by atoms with Gasteiger partial charge in [-0.3, -0.25) is 4.98 Å². The van der Waals surface area contributed by atoms with Gasteiger partial charge in [-0.05, 0) is 36.6 Å². The minimum Gasteiger partial charge on any atom is -0.459 e. The van der Waals surface area contributed by atoms with Crippen molar-refractivity contribution in [2.24, 2.45) is 0 Å². The number of allylic oxidation sites excluding steroid dienone is 3. The molecule has 1 atom stereocenters. The van der Waals surface area contributed by atoms with Crippen molar-refractivity contribution in [3.63, 3.8) is 0 Å². The van der Waals surface area contributed by atoms with Crippen LogP contribution in [0.2, 0.25) is 0 Å². The number of nitrogens with zero attached hydrogens (tertiary/aromatic N) is 3. The number of halogens is 1. The van der Waals surface area contributed by atoms with Crippen LogP contribution in [0.3, 0.4) is 0 Å². The number of hydrogen-bond acceptors (Lipinski definition) is 6. The highest BCUT2D eigenvalue weighted by Crippen LogP contribution is 2.27. The number of piperidine rings is 1. The number of alkyl halides is 1. The Labute approximate surface area is 193 Å². The van der Waals surface area contributed by atoms with Crippen LogP contribution in [-0.4, -0.2) is 64.7 Å². The van der Waals surface area contributed by atoms with E-state index in [-0.39, 0.29) is 18.5 Å². The Bertz CT molecular complexity index is 981. The molecule has 0 aromatic carbocycles. The molecule has 1 aromatic rings. The minimum atomic E-state index is -1.04. The van der Waals surface area contributed by atoms with Gasteiger partial charge in [0.15, 0.2) is 0 Å². The van der Waals surface area contributed by atoms with Crippen molar-refractivity contribution in [1.82, 2.24) is 20.1 Å².